The molecule has 5 nitrogen and oxygen atoms in total. The van der Waals surface area contributed by atoms with Gasteiger partial charge in [0, 0.05) is 11.0 Å². The van der Waals surface area contributed by atoms with Crippen molar-refractivity contribution in [3.8, 4) is 0 Å². The van der Waals surface area contributed by atoms with Crippen LogP contribution in [0, 0.1) is 6.92 Å². The van der Waals surface area contributed by atoms with E-state index in [1.54, 1.807) is 24.8 Å². The second-order valence-electron chi connectivity index (χ2n) is 4.14. The van der Waals surface area contributed by atoms with Crippen LogP contribution in [0.1, 0.15) is 16.2 Å². The van der Waals surface area contributed by atoms with Crippen LogP contribution in [0.2, 0.25) is 0 Å². The van der Waals surface area contributed by atoms with Gasteiger partial charge in [-0.2, -0.15) is 0 Å². The van der Waals surface area contributed by atoms with Crippen LogP contribution in [0.5, 0.6) is 0 Å². The molecule has 20 heavy (non-hydrogen) atoms. The maximum absolute atomic E-state index is 11.9. The molecule has 2 aromatic heterocycles. The Balaban J connectivity index is 1.85. The van der Waals surface area contributed by atoms with Crippen molar-refractivity contribution in [3.05, 3.63) is 35.7 Å². The average molecular weight is 305 g/mol. The lowest BCUT2D eigenvalue weighted by Gasteiger charge is -1.95. The summed E-state index contributed by atoms with van der Waals surface area (Å²) in [6.45, 7) is 1.77. The molecule has 0 saturated carbocycles. The van der Waals surface area contributed by atoms with Gasteiger partial charge in [0.2, 0.25) is 5.76 Å². The minimum absolute atomic E-state index is 0.187. The van der Waals surface area contributed by atoms with Crippen molar-refractivity contribution in [1.29, 1.82) is 0 Å². The number of anilines is 1. The molecule has 3 aromatic rings. The van der Waals surface area contributed by atoms with Gasteiger partial charge in [-0.25, -0.2) is 4.98 Å². The fraction of sp³-hybridized carbons (Fsp3) is 0.154. The van der Waals surface area contributed by atoms with E-state index in [4.69, 9.17) is 4.52 Å². The molecule has 0 radical (unpaired) electrons. The number of carbonyl (C=O) groups is 1. The van der Waals surface area contributed by atoms with E-state index < -0.39 is 0 Å². The van der Waals surface area contributed by atoms with E-state index in [0.717, 1.165) is 10.2 Å². The Kier molecular flexibility index (Phi) is 3.45. The van der Waals surface area contributed by atoms with Crippen molar-refractivity contribution in [3.63, 3.8) is 0 Å². The fourth-order valence-corrected chi connectivity index (χ4v) is 3.13. The van der Waals surface area contributed by atoms with E-state index >= 15 is 0 Å². The summed E-state index contributed by atoms with van der Waals surface area (Å²) in [6, 6.07) is 7.62. The van der Waals surface area contributed by atoms with E-state index in [9.17, 15) is 4.79 Å². The highest BCUT2D eigenvalue weighted by atomic mass is 32.2. The lowest BCUT2D eigenvalue weighted by molar-refractivity contribution is 0.0988. The maximum Gasteiger partial charge on any atom is 0.296 e. The topological polar surface area (TPSA) is 68.0 Å². The first-order chi connectivity index (χ1) is 9.65. The summed E-state index contributed by atoms with van der Waals surface area (Å²) in [7, 11) is 0. The average Bonchev–Trinajstić information content (AvgIpc) is 3.03. The summed E-state index contributed by atoms with van der Waals surface area (Å²) in [5.74, 6) is -0.152. The van der Waals surface area contributed by atoms with Gasteiger partial charge >= 0.3 is 0 Å². The highest BCUT2D eigenvalue weighted by Gasteiger charge is 2.14. The van der Waals surface area contributed by atoms with Gasteiger partial charge in [0.1, 0.15) is 0 Å². The third kappa shape index (κ3) is 2.54. The van der Waals surface area contributed by atoms with Crippen molar-refractivity contribution >= 4 is 44.4 Å². The number of aryl methyl sites for hydroxylation is 1. The zero-order chi connectivity index (χ0) is 14.1. The van der Waals surface area contributed by atoms with Crippen LogP contribution in [-0.2, 0) is 0 Å². The molecule has 1 aromatic carbocycles. The van der Waals surface area contributed by atoms with Crippen LogP contribution in [0.3, 0.4) is 0 Å². The Morgan fingerprint density at radius 2 is 2.25 bits per heavy atom. The SMILES string of the molecule is CSc1ccc2nc(NC(=O)c3cc(C)no3)sc2c1. The van der Waals surface area contributed by atoms with E-state index in [-0.39, 0.29) is 11.7 Å². The molecule has 0 aliphatic rings. The van der Waals surface area contributed by atoms with E-state index in [0.29, 0.717) is 10.8 Å². The molecule has 3 rings (SSSR count). The van der Waals surface area contributed by atoms with Crippen LogP contribution < -0.4 is 5.32 Å². The number of nitrogens with zero attached hydrogens (tertiary/aromatic N) is 2. The molecular weight excluding hydrogens is 294 g/mol. The molecule has 0 spiro atoms. The van der Waals surface area contributed by atoms with Crippen molar-refractivity contribution in [2.75, 3.05) is 11.6 Å². The molecule has 0 unspecified atom stereocenters. The molecule has 1 amide bonds. The zero-order valence-electron chi connectivity index (χ0n) is 10.8. The fourth-order valence-electron chi connectivity index (χ4n) is 1.71. The summed E-state index contributed by atoms with van der Waals surface area (Å²) in [6.07, 6.45) is 2.02. The van der Waals surface area contributed by atoms with E-state index in [2.05, 4.69) is 21.5 Å². The summed E-state index contributed by atoms with van der Waals surface area (Å²) >= 11 is 3.11. The summed E-state index contributed by atoms with van der Waals surface area (Å²) in [5, 5.41) is 6.97. The number of thioether (sulfide) groups is 1. The second kappa shape index (κ2) is 5.26. The molecule has 7 heteroatoms. The number of carbonyl (C=O) groups excluding carboxylic acids is 1. The Bertz CT molecular complexity index is 779. The van der Waals surface area contributed by atoms with Crippen molar-refractivity contribution in [1.82, 2.24) is 10.1 Å². The molecule has 2 heterocycles. The standard InChI is InChI=1S/C13H11N3O2S2/c1-7-5-10(18-16-7)12(17)15-13-14-9-4-3-8(19-2)6-11(9)20-13/h3-6H,1-2H3,(H,14,15,17). The lowest BCUT2D eigenvalue weighted by atomic mass is 10.3. The maximum atomic E-state index is 11.9. The number of hydrogen-bond donors (Lipinski definition) is 1. The molecule has 0 fully saturated rings. The highest BCUT2D eigenvalue weighted by molar-refractivity contribution is 7.98. The molecule has 0 bridgehead atoms. The van der Waals surface area contributed by atoms with E-state index in [1.165, 1.54) is 16.2 Å². The Morgan fingerprint density at radius 1 is 1.40 bits per heavy atom. The molecule has 102 valence electrons. The minimum Gasteiger partial charge on any atom is -0.351 e. The van der Waals surface area contributed by atoms with Gasteiger partial charge in [-0.1, -0.05) is 16.5 Å². The first-order valence-corrected chi connectivity index (χ1v) is 7.89. The smallest absolute Gasteiger partial charge is 0.296 e. The zero-order valence-corrected chi connectivity index (χ0v) is 12.5. The third-order valence-corrected chi connectivity index (χ3v) is 4.33. The quantitative estimate of drug-likeness (QED) is 0.749. The Hall–Kier alpha value is -1.86. The van der Waals surface area contributed by atoms with Crippen LogP contribution in [0.4, 0.5) is 5.13 Å². The van der Waals surface area contributed by atoms with Crippen LogP contribution >= 0.6 is 23.1 Å². The lowest BCUT2D eigenvalue weighted by Crippen LogP contribution is -2.10. The highest BCUT2D eigenvalue weighted by Crippen LogP contribution is 2.29. The minimum atomic E-state index is -0.338. The van der Waals surface area contributed by atoms with Gasteiger partial charge in [0.05, 0.1) is 15.9 Å². The number of hydrogen-bond acceptors (Lipinski definition) is 6. The second-order valence-corrected chi connectivity index (χ2v) is 6.05. The monoisotopic (exact) mass is 305 g/mol. The number of nitrogens with one attached hydrogen (secondary N) is 1. The number of fused-ring (bicyclic) bond motifs is 1. The predicted octanol–water partition coefficient (Wildman–Crippen LogP) is 3.57. The third-order valence-electron chi connectivity index (χ3n) is 2.67. The number of thiazole rings is 1. The van der Waals surface area contributed by atoms with Gasteiger partial charge in [-0.3, -0.25) is 10.1 Å². The van der Waals surface area contributed by atoms with Gasteiger partial charge in [0.25, 0.3) is 5.91 Å². The summed E-state index contributed by atoms with van der Waals surface area (Å²) in [4.78, 5) is 17.5. The van der Waals surface area contributed by atoms with E-state index in [1.807, 2.05) is 18.4 Å². The number of benzene rings is 1. The number of rotatable bonds is 3. The van der Waals surface area contributed by atoms with Crippen molar-refractivity contribution in [2.45, 2.75) is 11.8 Å². The first kappa shape index (κ1) is 13.1. The normalized spacial score (nSPS) is 10.9. The summed E-state index contributed by atoms with van der Waals surface area (Å²) < 4.78 is 5.96. The van der Waals surface area contributed by atoms with Crippen molar-refractivity contribution in [2.24, 2.45) is 0 Å². The molecule has 0 aliphatic heterocycles. The molecule has 0 atom stereocenters. The Morgan fingerprint density at radius 3 is 2.95 bits per heavy atom. The van der Waals surface area contributed by atoms with Gasteiger partial charge < -0.3 is 4.52 Å². The van der Waals surface area contributed by atoms with Crippen LogP contribution in [0.15, 0.2) is 33.7 Å². The first-order valence-electron chi connectivity index (χ1n) is 5.85. The Labute approximate surface area is 123 Å². The van der Waals surface area contributed by atoms with Gasteiger partial charge in [0.15, 0.2) is 5.13 Å². The number of amides is 1. The molecular formula is C13H11N3O2S2. The molecule has 0 aliphatic carbocycles. The molecule has 1 N–H and O–H groups in total. The van der Waals surface area contributed by atoms with Gasteiger partial charge in [-0.05, 0) is 31.4 Å². The molecule has 0 saturated heterocycles. The largest absolute Gasteiger partial charge is 0.351 e. The van der Waals surface area contributed by atoms with Gasteiger partial charge in [-0.15, -0.1) is 11.8 Å². The van der Waals surface area contributed by atoms with Crippen LogP contribution in [0.25, 0.3) is 10.2 Å². The predicted molar refractivity (Wildman–Crippen MR) is 80.6 cm³/mol. The van der Waals surface area contributed by atoms with Crippen molar-refractivity contribution < 1.29 is 9.32 Å². The number of aromatic nitrogens is 2. The van der Waals surface area contributed by atoms with Crippen LogP contribution in [-0.4, -0.2) is 22.3 Å². The summed E-state index contributed by atoms with van der Waals surface area (Å²) in [5.41, 5.74) is 1.54.